The SMILES string of the molecule is Cc1c2c3ccc4c5cc6c(cc5c5ccc(c2c(C)c2c7ccc8c9cc%10c(cc9c9ccc(c12)c7c98)c1cccc2cccc%10c21)c3c45)c1cccc2cccc6c21. The number of fused-ring (bicyclic) bond motifs is 18. The fourth-order valence-corrected chi connectivity index (χ4v) is 13.6. The molecule has 0 fully saturated rings. The normalized spacial score (nSPS) is 13.5. The topological polar surface area (TPSA) is 0 Å². The first kappa shape index (κ1) is 29.6. The highest BCUT2D eigenvalue weighted by Gasteiger charge is 2.27. The molecule has 60 heavy (non-hydrogen) atoms. The number of rotatable bonds is 0. The van der Waals surface area contributed by atoms with E-state index in [2.05, 4.69) is 159 Å². The minimum absolute atomic E-state index is 1.32. The van der Waals surface area contributed by atoms with Crippen LogP contribution in [0, 0.1) is 13.8 Å². The molecule has 17 rings (SSSR count). The summed E-state index contributed by atoms with van der Waals surface area (Å²) in [5.41, 5.74) is 2.81. The minimum Gasteiger partial charge on any atom is -0.0610 e. The van der Waals surface area contributed by atoms with E-state index in [0.717, 1.165) is 0 Å². The van der Waals surface area contributed by atoms with Crippen LogP contribution in [0.25, 0.3) is 172 Å². The second-order valence-electron chi connectivity index (χ2n) is 18.2. The van der Waals surface area contributed by atoms with E-state index in [1.54, 1.807) is 0 Å². The van der Waals surface area contributed by atoms with Gasteiger partial charge in [0, 0.05) is 0 Å². The molecular weight excluding hydrogens is 721 g/mol. The lowest BCUT2D eigenvalue weighted by Gasteiger charge is -2.08. The van der Waals surface area contributed by atoms with Gasteiger partial charge in [0.25, 0.3) is 0 Å². The minimum atomic E-state index is 1.32. The molecule has 0 bridgehead atoms. The number of hydrogen-bond donors (Lipinski definition) is 0. The maximum Gasteiger partial charge on any atom is -0.00137 e. The van der Waals surface area contributed by atoms with Crippen molar-refractivity contribution in [2.75, 3.05) is 0 Å². The van der Waals surface area contributed by atoms with Gasteiger partial charge in [-0.05, 0) is 222 Å². The molecule has 0 aromatic heterocycles. The Balaban J connectivity index is 0.986. The molecule has 17 aromatic carbocycles. The van der Waals surface area contributed by atoms with E-state index in [9.17, 15) is 0 Å². The molecule has 0 aliphatic rings. The van der Waals surface area contributed by atoms with Crippen LogP contribution in [-0.4, -0.2) is 0 Å². The lowest BCUT2D eigenvalue weighted by atomic mass is 9.95. The molecule has 0 saturated carbocycles. The van der Waals surface area contributed by atoms with Crippen molar-refractivity contribution in [3.05, 3.63) is 157 Å². The van der Waals surface area contributed by atoms with Crippen molar-refractivity contribution in [3.63, 3.8) is 0 Å². The van der Waals surface area contributed by atoms with Crippen molar-refractivity contribution >= 4 is 172 Å². The van der Waals surface area contributed by atoms with Crippen molar-refractivity contribution in [3.8, 4) is 0 Å². The highest BCUT2D eigenvalue weighted by atomic mass is 14.3. The second kappa shape index (κ2) is 9.34. The summed E-state index contributed by atoms with van der Waals surface area (Å²) in [6.45, 7) is 4.81. The van der Waals surface area contributed by atoms with Gasteiger partial charge in [-0.2, -0.15) is 0 Å². The van der Waals surface area contributed by atoms with Gasteiger partial charge < -0.3 is 0 Å². The fourth-order valence-electron chi connectivity index (χ4n) is 13.6. The van der Waals surface area contributed by atoms with Gasteiger partial charge in [0.2, 0.25) is 0 Å². The summed E-state index contributed by atoms with van der Waals surface area (Å²) in [5.74, 6) is 0. The van der Waals surface area contributed by atoms with Crippen LogP contribution in [0.5, 0.6) is 0 Å². The highest BCUT2D eigenvalue weighted by molar-refractivity contribution is 6.48. The first-order valence-corrected chi connectivity index (χ1v) is 21.4. The predicted octanol–water partition coefficient (Wildman–Crippen LogP) is 17.4. The first-order chi connectivity index (χ1) is 29.6. The van der Waals surface area contributed by atoms with Crippen molar-refractivity contribution in [2.24, 2.45) is 0 Å². The standard InChI is InChI=1S/C60H30/c1-27-51-39-19-15-35-47-23-43-31-11-3-7-29-9-5-13-33(55(29)31)45(43)25-49(47)37-17-21-41(59(39)57(35)37)53(51)28(2)54-42-22-18-38-50-26-46-34-14-6-10-30-8-4-12-32(56(30)34)44(46)24-48(50)36-16-20-40(52(27)54)60(42)58(36)38/h3-26H,1-2H3. The zero-order valence-corrected chi connectivity index (χ0v) is 32.9. The Kier molecular flexibility index (Phi) is 4.61. The van der Waals surface area contributed by atoms with Gasteiger partial charge in [0.15, 0.2) is 0 Å². The molecule has 270 valence electrons. The van der Waals surface area contributed by atoms with Crippen LogP contribution in [0.3, 0.4) is 0 Å². The van der Waals surface area contributed by atoms with E-state index in [4.69, 9.17) is 0 Å². The monoisotopic (exact) mass is 750 g/mol. The van der Waals surface area contributed by atoms with Crippen LogP contribution in [0.2, 0.25) is 0 Å². The molecule has 0 radical (unpaired) electrons. The quantitative estimate of drug-likeness (QED) is 0.145. The molecule has 17 aromatic rings. The predicted molar refractivity (Wildman–Crippen MR) is 263 cm³/mol. The van der Waals surface area contributed by atoms with Gasteiger partial charge in [-0.1, -0.05) is 121 Å². The van der Waals surface area contributed by atoms with E-state index in [1.807, 2.05) is 0 Å². The summed E-state index contributed by atoms with van der Waals surface area (Å²) in [4.78, 5) is 0. The van der Waals surface area contributed by atoms with Crippen LogP contribution < -0.4 is 0 Å². The second-order valence-corrected chi connectivity index (χ2v) is 18.2. The molecule has 0 heterocycles. The van der Waals surface area contributed by atoms with Gasteiger partial charge in [-0.15, -0.1) is 0 Å². The fraction of sp³-hybridized carbons (Fsp3) is 0.0333. The molecule has 0 amide bonds. The van der Waals surface area contributed by atoms with E-state index < -0.39 is 0 Å². The third-order valence-electron chi connectivity index (χ3n) is 15.8. The van der Waals surface area contributed by atoms with Crippen LogP contribution in [-0.2, 0) is 0 Å². The molecule has 0 aliphatic heterocycles. The maximum atomic E-state index is 2.50. The largest absolute Gasteiger partial charge is 0.0610 e. The van der Waals surface area contributed by atoms with Gasteiger partial charge in [0.05, 0.1) is 0 Å². The molecule has 0 spiro atoms. The van der Waals surface area contributed by atoms with Crippen molar-refractivity contribution < 1.29 is 0 Å². The van der Waals surface area contributed by atoms with Gasteiger partial charge in [-0.25, -0.2) is 0 Å². The molecule has 0 heteroatoms. The molecule has 0 aliphatic carbocycles. The average Bonchev–Trinajstić information content (AvgIpc) is 4.11. The molecule has 0 unspecified atom stereocenters. The summed E-state index contributed by atoms with van der Waals surface area (Å²) in [6.07, 6.45) is 0. The van der Waals surface area contributed by atoms with Crippen molar-refractivity contribution in [1.29, 1.82) is 0 Å². The Hall–Kier alpha value is -7.54. The summed E-state index contributed by atoms with van der Waals surface area (Å²) >= 11 is 0. The summed E-state index contributed by atoms with van der Waals surface area (Å²) in [6, 6.07) is 56.7. The highest BCUT2D eigenvalue weighted by Crippen LogP contribution is 2.55. The van der Waals surface area contributed by atoms with Crippen molar-refractivity contribution in [2.45, 2.75) is 13.8 Å². The van der Waals surface area contributed by atoms with Crippen LogP contribution in [0.15, 0.2) is 146 Å². The number of benzene rings is 11. The molecule has 0 N–H and O–H groups in total. The third-order valence-corrected chi connectivity index (χ3v) is 15.8. The lowest BCUT2D eigenvalue weighted by molar-refractivity contribution is 1.58. The van der Waals surface area contributed by atoms with Gasteiger partial charge in [-0.3, -0.25) is 0 Å². The molecule has 0 saturated heterocycles. The van der Waals surface area contributed by atoms with Crippen LogP contribution in [0.1, 0.15) is 11.1 Å². The summed E-state index contributed by atoms with van der Waals surface area (Å²) in [5, 5.41) is 44.4. The van der Waals surface area contributed by atoms with E-state index in [0.29, 0.717) is 0 Å². The van der Waals surface area contributed by atoms with Crippen LogP contribution >= 0.6 is 0 Å². The summed E-state index contributed by atoms with van der Waals surface area (Å²) < 4.78 is 0. The first-order valence-electron chi connectivity index (χ1n) is 21.4. The zero-order chi connectivity index (χ0) is 38.6. The number of hydrogen-bond acceptors (Lipinski definition) is 0. The maximum absolute atomic E-state index is 2.50. The van der Waals surface area contributed by atoms with Crippen LogP contribution in [0.4, 0.5) is 0 Å². The third kappa shape index (κ3) is 2.95. The molecule has 0 atom stereocenters. The Morgan fingerprint density at radius 2 is 0.400 bits per heavy atom. The smallest absolute Gasteiger partial charge is 0.00137 e. The molecule has 0 nitrogen and oxygen atoms in total. The Morgan fingerprint density at radius 3 is 0.667 bits per heavy atom. The van der Waals surface area contributed by atoms with Crippen molar-refractivity contribution in [1.82, 2.24) is 0 Å². The van der Waals surface area contributed by atoms with Gasteiger partial charge >= 0.3 is 0 Å². The Morgan fingerprint density at radius 1 is 0.183 bits per heavy atom. The Labute approximate surface area is 341 Å². The lowest BCUT2D eigenvalue weighted by Crippen LogP contribution is -1.83. The van der Waals surface area contributed by atoms with E-state index in [-0.39, 0.29) is 0 Å². The number of aryl methyl sites for hydroxylation is 2. The van der Waals surface area contributed by atoms with Gasteiger partial charge in [0.1, 0.15) is 0 Å². The van der Waals surface area contributed by atoms with E-state index in [1.165, 1.54) is 183 Å². The Bertz CT molecular complexity index is 4220. The summed E-state index contributed by atoms with van der Waals surface area (Å²) in [7, 11) is 0. The average molecular weight is 751 g/mol. The zero-order valence-electron chi connectivity index (χ0n) is 32.9. The van der Waals surface area contributed by atoms with E-state index >= 15 is 0 Å². The molecular formula is C60H30.